The Kier molecular flexibility index (Phi) is 4.39. The number of likely N-dealkylation sites (N-methyl/N-ethyl adjacent to an activating group) is 2. The zero-order valence-electron chi connectivity index (χ0n) is 18.6. The van der Waals surface area contributed by atoms with Crippen molar-refractivity contribution in [1.82, 2.24) is 9.21 Å². The van der Waals surface area contributed by atoms with Gasteiger partial charge in [0.25, 0.3) is 0 Å². The van der Waals surface area contributed by atoms with Crippen molar-refractivity contribution in [3.8, 4) is 5.75 Å². The van der Waals surface area contributed by atoms with Gasteiger partial charge in [0, 0.05) is 18.7 Å². The lowest BCUT2D eigenvalue weighted by molar-refractivity contribution is -0.191. The second kappa shape index (κ2) is 6.79. The Hall–Kier alpha value is -1.93. The molecule has 1 saturated heterocycles. The monoisotopic (exact) mass is 454 g/mol. The van der Waals surface area contributed by atoms with Crippen LogP contribution in [0.15, 0.2) is 48.5 Å². The smallest absolute Gasteiger partial charge is 0.218 e. The average Bonchev–Trinajstić information content (AvgIpc) is 3.11. The first-order chi connectivity index (χ1) is 15.3. The molecule has 1 N–H and O–H groups in total. The van der Waals surface area contributed by atoms with Gasteiger partial charge in [0.2, 0.25) is 10.0 Å². The van der Waals surface area contributed by atoms with Gasteiger partial charge in [-0.2, -0.15) is 4.31 Å². The second-order valence-electron chi connectivity index (χ2n) is 10.0. The normalized spacial score (nSPS) is 35.4. The van der Waals surface area contributed by atoms with Gasteiger partial charge < -0.3 is 14.7 Å². The molecule has 2 heterocycles. The van der Waals surface area contributed by atoms with Crippen molar-refractivity contribution in [2.24, 2.45) is 0 Å². The highest BCUT2D eigenvalue weighted by Gasteiger charge is 2.72. The van der Waals surface area contributed by atoms with E-state index in [-0.39, 0.29) is 23.9 Å². The average molecular weight is 455 g/mol. The molecule has 4 aliphatic rings. The van der Waals surface area contributed by atoms with Crippen LogP contribution in [-0.2, 0) is 27.6 Å². The number of benzene rings is 2. The number of rotatable bonds is 4. The Labute approximate surface area is 189 Å². The maximum absolute atomic E-state index is 13.4. The van der Waals surface area contributed by atoms with Crippen LogP contribution in [0, 0.1) is 0 Å². The predicted molar refractivity (Wildman–Crippen MR) is 122 cm³/mol. The first kappa shape index (κ1) is 20.7. The zero-order chi connectivity index (χ0) is 22.3. The number of sulfonamides is 1. The van der Waals surface area contributed by atoms with Crippen LogP contribution in [-0.4, -0.2) is 67.2 Å². The molecular weight excluding hydrogens is 424 g/mol. The van der Waals surface area contributed by atoms with Crippen molar-refractivity contribution in [2.75, 3.05) is 20.6 Å². The number of likely N-dealkylation sites (tertiary alicyclic amines) is 1. The molecule has 2 aliphatic heterocycles. The molecule has 6 nitrogen and oxygen atoms in total. The molecule has 0 amide bonds. The summed E-state index contributed by atoms with van der Waals surface area (Å²) in [5.41, 5.74) is 1.68. The molecule has 0 aromatic heterocycles. The second-order valence-corrected chi connectivity index (χ2v) is 12.1. The third-order valence-electron chi connectivity index (χ3n) is 8.69. The van der Waals surface area contributed by atoms with Gasteiger partial charge in [0.05, 0.1) is 22.8 Å². The fourth-order valence-corrected chi connectivity index (χ4v) is 8.61. The molecule has 6 rings (SSSR count). The minimum absolute atomic E-state index is 0.0235. The molecule has 2 aromatic carbocycles. The molecule has 2 aromatic rings. The van der Waals surface area contributed by atoms with Gasteiger partial charge in [0.1, 0.15) is 11.9 Å². The minimum atomic E-state index is -3.55. The number of aliphatic hydroxyl groups is 1. The Bertz CT molecular complexity index is 1170. The van der Waals surface area contributed by atoms with E-state index in [9.17, 15) is 13.5 Å². The summed E-state index contributed by atoms with van der Waals surface area (Å²) < 4.78 is 35.0. The third kappa shape index (κ3) is 2.54. The fraction of sp³-hybridized carbons (Fsp3) is 0.520. The van der Waals surface area contributed by atoms with Crippen molar-refractivity contribution in [2.45, 2.75) is 60.6 Å². The summed E-state index contributed by atoms with van der Waals surface area (Å²) in [4.78, 5) is 2.28. The summed E-state index contributed by atoms with van der Waals surface area (Å²) in [6.45, 7) is 0.869. The zero-order valence-corrected chi connectivity index (χ0v) is 19.4. The van der Waals surface area contributed by atoms with Gasteiger partial charge in [-0.05, 0) is 56.5 Å². The van der Waals surface area contributed by atoms with Crippen LogP contribution in [0.5, 0.6) is 5.75 Å². The van der Waals surface area contributed by atoms with E-state index in [2.05, 4.69) is 18.0 Å². The minimum Gasteiger partial charge on any atom is -0.487 e. The Morgan fingerprint density at radius 2 is 1.94 bits per heavy atom. The van der Waals surface area contributed by atoms with Gasteiger partial charge in [-0.15, -0.1) is 0 Å². The van der Waals surface area contributed by atoms with Crippen molar-refractivity contribution >= 4 is 10.0 Å². The molecule has 2 fully saturated rings. The lowest BCUT2D eigenvalue weighted by atomic mass is 9.48. The van der Waals surface area contributed by atoms with E-state index in [0.717, 1.165) is 36.3 Å². The van der Waals surface area contributed by atoms with Gasteiger partial charge in [-0.1, -0.05) is 42.5 Å². The highest BCUT2D eigenvalue weighted by Crippen LogP contribution is 2.64. The van der Waals surface area contributed by atoms with E-state index in [1.165, 1.54) is 9.87 Å². The molecule has 0 unspecified atom stereocenters. The number of hydrogen-bond donors (Lipinski definition) is 1. The quantitative estimate of drug-likeness (QED) is 0.768. The Morgan fingerprint density at radius 1 is 1.16 bits per heavy atom. The predicted octanol–water partition coefficient (Wildman–Crippen LogP) is 2.30. The Morgan fingerprint density at radius 3 is 2.72 bits per heavy atom. The summed E-state index contributed by atoms with van der Waals surface area (Å²) >= 11 is 0. The molecule has 2 aliphatic carbocycles. The van der Waals surface area contributed by atoms with Crippen LogP contribution < -0.4 is 4.74 Å². The highest BCUT2D eigenvalue weighted by atomic mass is 32.2. The van der Waals surface area contributed by atoms with E-state index in [0.29, 0.717) is 12.8 Å². The van der Waals surface area contributed by atoms with Gasteiger partial charge >= 0.3 is 0 Å². The Balaban J connectivity index is 1.43. The number of hydrogen-bond acceptors (Lipinski definition) is 5. The molecule has 7 heteroatoms. The van der Waals surface area contributed by atoms with E-state index >= 15 is 0 Å². The van der Waals surface area contributed by atoms with E-state index in [4.69, 9.17) is 4.74 Å². The first-order valence-corrected chi connectivity index (χ1v) is 13.1. The highest BCUT2D eigenvalue weighted by molar-refractivity contribution is 7.88. The van der Waals surface area contributed by atoms with Crippen LogP contribution in [0.4, 0.5) is 0 Å². The number of nitrogens with zero attached hydrogens (tertiary/aromatic N) is 2. The van der Waals surface area contributed by atoms with Crippen molar-refractivity contribution in [3.63, 3.8) is 0 Å². The van der Waals surface area contributed by atoms with Gasteiger partial charge in [-0.25, -0.2) is 8.42 Å². The molecular formula is C25H30N2O4S. The van der Waals surface area contributed by atoms with Crippen LogP contribution in [0.1, 0.15) is 36.0 Å². The van der Waals surface area contributed by atoms with E-state index < -0.39 is 21.0 Å². The maximum Gasteiger partial charge on any atom is 0.218 e. The van der Waals surface area contributed by atoms with Crippen molar-refractivity contribution < 1.29 is 18.3 Å². The van der Waals surface area contributed by atoms with Crippen LogP contribution >= 0.6 is 0 Å². The fourth-order valence-electron chi connectivity index (χ4n) is 7.16. The summed E-state index contributed by atoms with van der Waals surface area (Å²) in [5, 5.41) is 12.2. The standard InChI is InChI=1S/C25H30N2O4S/c1-26-14-13-24-22-18-9-6-10-20(22)31-23(24)19(11-12-25(24,28)21(26)15-18)27(2)32(29,30)16-17-7-4-3-5-8-17/h3-10,19,21,23,28H,11-16H2,1-2H3/t19-,21-,23+,24+,25-/m1/s1. The summed E-state index contributed by atoms with van der Waals surface area (Å²) in [6, 6.07) is 15.2. The van der Waals surface area contributed by atoms with Crippen molar-refractivity contribution in [3.05, 3.63) is 65.2 Å². The molecule has 1 spiro atoms. The van der Waals surface area contributed by atoms with Gasteiger partial charge in [0.15, 0.2) is 0 Å². The number of ether oxygens (including phenoxy) is 1. The molecule has 32 heavy (non-hydrogen) atoms. The molecule has 5 atom stereocenters. The lowest BCUT2D eigenvalue weighted by Crippen LogP contribution is -2.77. The summed E-state index contributed by atoms with van der Waals surface area (Å²) in [7, 11) is 0.234. The van der Waals surface area contributed by atoms with Crippen LogP contribution in [0.25, 0.3) is 0 Å². The molecule has 170 valence electrons. The van der Waals surface area contributed by atoms with Crippen molar-refractivity contribution in [1.29, 1.82) is 0 Å². The topological polar surface area (TPSA) is 70.1 Å². The van der Waals surface area contributed by atoms with Crippen LogP contribution in [0.2, 0.25) is 0 Å². The third-order valence-corrected chi connectivity index (χ3v) is 10.5. The first-order valence-electron chi connectivity index (χ1n) is 11.5. The molecule has 2 bridgehead atoms. The SMILES string of the molecule is CN1CC[C@]23c4c5cccc4O[C@H]2[C@H](N(C)S(=O)(=O)Cc2ccccc2)CC[C@@]3(O)[C@H]1C5. The van der Waals surface area contributed by atoms with Gasteiger partial charge in [-0.3, -0.25) is 0 Å². The summed E-state index contributed by atoms with van der Waals surface area (Å²) in [6.07, 6.45) is 2.35. The van der Waals surface area contributed by atoms with E-state index in [1.807, 2.05) is 42.5 Å². The largest absolute Gasteiger partial charge is 0.487 e. The van der Waals surface area contributed by atoms with Crippen LogP contribution in [0.3, 0.4) is 0 Å². The molecule has 0 radical (unpaired) electrons. The molecule has 1 saturated carbocycles. The summed E-state index contributed by atoms with van der Waals surface area (Å²) in [5.74, 6) is 0.795. The lowest BCUT2D eigenvalue weighted by Gasteiger charge is -2.64. The number of piperidine rings is 1. The maximum atomic E-state index is 13.4. The van der Waals surface area contributed by atoms with E-state index in [1.54, 1.807) is 7.05 Å².